The molecular formula is C24H18BrNO4. The van der Waals surface area contributed by atoms with E-state index in [9.17, 15) is 19.8 Å². The minimum Gasteiger partial charge on any atom is -0.508 e. The van der Waals surface area contributed by atoms with Crippen molar-refractivity contribution in [3.8, 4) is 5.75 Å². The minimum absolute atomic E-state index is 0.00267. The summed E-state index contributed by atoms with van der Waals surface area (Å²) in [6.07, 6.45) is 0. The number of aliphatic hydroxyl groups is 1. The SMILES string of the molecule is Cc1ccc(N2C(=O)C(=O)C(=C(O)c3ccccc3)[C@@H]2c2cccc(O)c2)cc1Br. The van der Waals surface area contributed by atoms with Crippen molar-refractivity contribution in [2.24, 2.45) is 0 Å². The molecule has 1 heterocycles. The van der Waals surface area contributed by atoms with Crippen LogP contribution in [0.1, 0.15) is 22.7 Å². The standard InChI is InChI=1S/C24H18BrNO4/c1-14-10-11-17(13-19(14)25)26-21(16-8-5-9-18(27)12-16)20(23(29)24(26)30)22(28)15-6-3-2-4-7-15/h2-13,21,27-28H,1H3/t21-/m0/s1. The second kappa shape index (κ2) is 7.80. The Morgan fingerprint density at radius 3 is 2.37 bits per heavy atom. The van der Waals surface area contributed by atoms with Crippen molar-refractivity contribution in [2.75, 3.05) is 4.90 Å². The predicted octanol–water partition coefficient (Wildman–Crippen LogP) is 5.09. The molecule has 5 nitrogen and oxygen atoms in total. The molecule has 6 heteroatoms. The largest absolute Gasteiger partial charge is 0.508 e. The van der Waals surface area contributed by atoms with Gasteiger partial charge in [0.2, 0.25) is 0 Å². The highest BCUT2D eigenvalue weighted by atomic mass is 79.9. The Morgan fingerprint density at radius 1 is 0.967 bits per heavy atom. The molecular weight excluding hydrogens is 446 g/mol. The molecule has 3 aromatic carbocycles. The minimum atomic E-state index is -0.882. The second-order valence-electron chi connectivity index (χ2n) is 7.06. The number of aliphatic hydroxyl groups excluding tert-OH is 1. The first-order chi connectivity index (χ1) is 14.4. The van der Waals surface area contributed by atoms with Gasteiger partial charge in [-0.2, -0.15) is 0 Å². The van der Waals surface area contributed by atoms with Crippen molar-refractivity contribution in [3.63, 3.8) is 0 Å². The van der Waals surface area contributed by atoms with Gasteiger partial charge in [0.1, 0.15) is 11.5 Å². The third-order valence-electron chi connectivity index (χ3n) is 5.11. The van der Waals surface area contributed by atoms with E-state index in [2.05, 4.69) is 15.9 Å². The number of hydrogen-bond donors (Lipinski definition) is 2. The molecule has 1 fully saturated rings. The van der Waals surface area contributed by atoms with Crippen LogP contribution in [0.25, 0.3) is 5.76 Å². The van der Waals surface area contributed by atoms with E-state index in [0.29, 0.717) is 16.8 Å². The van der Waals surface area contributed by atoms with Crippen molar-refractivity contribution < 1.29 is 19.8 Å². The predicted molar refractivity (Wildman–Crippen MR) is 118 cm³/mol. The van der Waals surface area contributed by atoms with Gasteiger partial charge < -0.3 is 10.2 Å². The lowest BCUT2D eigenvalue weighted by Gasteiger charge is -2.26. The molecule has 0 saturated carbocycles. The number of halogens is 1. The summed E-state index contributed by atoms with van der Waals surface area (Å²) in [6.45, 7) is 1.92. The van der Waals surface area contributed by atoms with Gasteiger partial charge in [0.15, 0.2) is 0 Å². The molecule has 1 aliphatic rings. The summed E-state index contributed by atoms with van der Waals surface area (Å²) >= 11 is 3.47. The van der Waals surface area contributed by atoms with Crippen LogP contribution in [0.15, 0.2) is 82.8 Å². The van der Waals surface area contributed by atoms with E-state index in [-0.39, 0.29) is 17.1 Å². The zero-order valence-electron chi connectivity index (χ0n) is 16.0. The summed E-state index contributed by atoms with van der Waals surface area (Å²) in [5, 5.41) is 21.0. The van der Waals surface area contributed by atoms with E-state index in [1.807, 2.05) is 13.0 Å². The number of rotatable bonds is 3. The topological polar surface area (TPSA) is 77.8 Å². The lowest BCUT2D eigenvalue weighted by molar-refractivity contribution is -0.132. The number of Topliss-reactive ketones (excluding diaryl/α,β-unsaturated/α-hetero) is 1. The highest BCUT2D eigenvalue weighted by molar-refractivity contribution is 9.10. The van der Waals surface area contributed by atoms with Gasteiger partial charge in [-0.1, -0.05) is 64.5 Å². The normalized spacial score (nSPS) is 18.1. The summed E-state index contributed by atoms with van der Waals surface area (Å²) in [5.41, 5.74) is 2.42. The fourth-order valence-electron chi connectivity index (χ4n) is 3.59. The quantitative estimate of drug-likeness (QED) is 0.322. The maximum Gasteiger partial charge on any atom is 0.300 e. The van der Waals surface area contributed by atoms with Gasteiger partial charge in [0.05, 0.1) is 11.6 Å². The molecule has 0 aliphatic carbocycles. The summed E-state index contributed by atoms with van der Waals surface area (Å²) in [6, 6.07) is 19.5. The van der Waals surface area contributed by atoms with E-state index < -0.39 is 17.7 Å². The molecule has 150 valence electrons. The maximum atomic E-state index is 13.1. The summed E-state index contributed by atoms with van der Waals surface area (Å²) < 4.78 is 0.791. The lowest BCUT2D eigenvalue weighted by atomic mass is 9.95. The zero-order valence-corrected chi connectivity index (χ0v) is 17.6. The van der Waals surface area contributed by atoms with E-state index in [1.165, 1.54) is 17.0 Å². The first kappa shape index (κ1) is 19.9. The van der Waals surface area contributed by atoms with Crippen LogP contribution in [0.4, 0.5) is 5.69 Å². The van der Waals surface area contributed by atoms with Crippen LogP contribution in [0, 0.1) is 6.92 Å². The summed E-state index contributed by atoms with van der Waals surface area (Å²) in [7, 11) is 0. The number of amides is 1. The van der Waals surface area contributed by atoms with E-state index in [4.69, 9.17) is 0 Å². The van der Waals surface area contributed by atoms with Gasteiger partial charge in [0, 0.05) is 15.7 Å². The van der Waals surface area contributed by atoms with Crippen molar-refractivity contribution in [1.29, 1.82) is 0 Å². The molecule has 3 aromatic rings. The van der Waals surface area contributed by atoms with Crippen LogP contribution in [-0.4, -0.2) is 21.9 Å². The highest BCUT2D eigenvalue weighted by Crippen LogP contribution is 2.43. The van der Waals surface area contributed by atoms with Crippen LogP contribution >= 0.6 is 15.9 Å². The summed E-state index contributed by atoms with van der Waals surface area (Å²) in [5.74, 6) is -1.77. The van der Waals surface area contributed by atoms with Gasteiger partial charge in [-0.3, -0.25) is 14.5 Å². The third kappa shape index (κ3) is 3.39. The first-order valence-corrected chi connectivity index (χ1v) is 10.1. The number of aromatic hydroxyl groups is 1. The number of carbonyl (C=O) groups is 2. The zero-order chi connectivity index (χ0) is 21.4. The van der Waals surface area contributed by atoms with Crippen molar-refractivity contribution in [2.45, 2.75) is 13.0 Å². The van der Waals surface area contributed by atoms with E-state index in [1.54, 1.807) is 54.6 Å². The van der Waals surface area contributed by atoms with Crippen LogP contribution in [0.2, 0.25) is 0 Å². The molecule has 0 radical (unpaired) electrons. The van der Waals surface area contributed by atoms with Gasteiger partial charge in [-0.15, -0.1) is 0 Å². The fourth-order valence-corrected chi connectivity index (χ4v) is 3.96. The maximum absolute atomic E-state index is 13.1. The van der Waals surface area contributed by atoms with Crippen LogP contribution in [-0.2, 0) is 9.59 Å². The molecule has 0 bridgehead atoms. The number of aryl methyl sites for hydroxylation is 1. The highest BCUT2D eigenvalue weighted by Gasteiger charge is 2.47. The molecule has 1 atom stereocenters. The van der Waals surface area contributed by atoms with Gasteiger partial charge in [-0.05, 0) is 42.3 Å². The monoisotopic (exact) mass is 463 g/mol. The fraction of sp³-hybridized carbons (Fsp3) is 0.0833. The Morgan fingerprint density at radius 2 is 1.70 bits per heavy atom. The number of benzene rings is 3. The van der Waals surface area contributed by atoms with Gasteiger partial charge in [-0.25, -0.2) is 0 Å². The number of anilines is 1. The van der Waals surface area contributed by atoms with Gasteiger partial charge in [0.25, 0.3) is 11.7 Å². The molecule has 1 aliphatic heterocycles. The first-order valence-electron chi connectivity index (χ1n) is 9.30. The molecule has 4 rings (SSSR count). The average Bonchev–Trinajstić information content (AvgIpc) is 3.01. The van der Waals surface area contributed by atoms with Crippen LogP contribution in [0.3, 0.4) is 0 Å². The average molecular weight is 464 g/mol. The van der Waals surface area contributed by atoms with Crippen molar-refractivity contribution in [1.82, 2.24) is 0 Å². The Bertz CT molecular complexity index is 1190. The van der Waals surface area contributed by atoms with Crippen LogP contribution in [0.5, 0.6) is 5.75 Å². The molecule has 0 unspecified atom stereocenters. The molecule has 30 heavy (non-hydrogen) atoms. The Balaban J connectivity index is 1.97. The van der Waals surface area contributed by atoms with E-state index in [0.717, 1.165) is 10.0 Å². The molecule has 1 saturated heterocycles. The lowest BCUT2D eigenvalue weighted by Crippen LogP contribution is -2.29. The smallest absolute Gasteiger partial charge is 0.300 e. The van der Waals surface area contributed by atoms with E-state index >= 15 is 0 Å². The number of carbonyl (C=O) groups excluding carboxylic acids is 2. The van der Waals surface area contributed by atoms with Crippen LogP contribution < -0.4 is 4.90 Å². The Labute approximate surface area is 182 Å². The molecule has 0 aromatic heterocycles. The molecule has 1 amide bonds. The number of phenols is 1. The number of nitrogens with zero attached hydrogens (tertiary/aromatic N) is 1. The Kier molecular flexibility index (Phi) is 5.18. The molecule has 2 N–H and O–H groups in total. The van der Waals surface area contributed by atoms with Crippen molar-refractivity contribution in [3.05, 3.63) is 99.5 Å². The third-order valence-corrected chi connectivity index (χ3v) is 5.97. The number of phenolic OH excluding ortho intramolecular Hbond substituents is 1. The second-order valence-corrected chi connectivity index (χ2v) is 7.92. The van der Waals surface area contributed by atoms with Gasteiger partial charge >= 0.3 is 0 Å². The Hall–Kier alpha value is -3.38. The summed E-state index contributed by atoms with van der Waals surface area (Å²) in [4.78, 5) is 27.5. The molecule has 0 spiro atoms. The number of hydrogen-bond acceptors (Lipinski definition) is 4. The number of ketones is 1. The van der Waals surface area contributed by atoms with Crippen molar-refractivity contribution >= 4 is 39.1 Å².